The Morgan fingerprint density at radius 1 is 0.875 bits per heavy atom. The molecule has 0 aromatic heterocycles. The van der Waals surface area contributed by atoms with E-state index in [1.54, 1.807) is 0 Å². The Kier molecular flexibility index (Phi) is 3.27. The third-order valence-electron chi connectivity index (χ3n) is 2.69. The second kappa shape index (κ2) is 4.04. The Labute approximate surface area is 98.9 Å². The number of carbonyl (C=O) groups is 1. The van der Waals surface area contributed by atoms with Gasteiger partial charge in [0, 0.05) is 11.0 Å². The predicted octanol–water partition coefficient (Wildman–Crippen LogP) is 4.21. The maximum Gasteiger partial charge on any atom is 0.168 e. The molecule has 88 valence electrons. The van der Waals surface area contributed by atoms with Crippen molar-refractivity contribution in [1.29, 1.82) is 0 Å². The second-order valence-electron chi connectivity index (χ2n) is 6.41. The van der Waals surface area contributed by atoms with Crippen molar-refractivity contribution < 1.29 is 4.79 Å². The summed E-state index contributed by atoms with van der Waals surface area (Å²) in [5.74, 6) is 0.202. The van der Waals surface area contributed by atoms with E-state index in [-0.39, 0.29) is 16.6 Å². The highest BCUT2D eigenvalue weighted by Gasteiger charge is 2.23. The molecule has 1 rings (SSSR count). The number of ketones is 1. The largest absolute Gasteiger partial charge is 0.294 e. The summed E-state index contributed by atoms with van der Waals surface area (Å²) in [5, 5.41) is 0. The van der Waals surface area contributed by atoms with E-state index < -0.39 is 0 Å². The standard InChI is InChI=1S/C15H22O/c1-14(2,3)12-9-7-11(8-10-12)13(16)15(4,5)6/h7-10H,1-6H3. The van der Waals surface area contributed by atoms with Crippen molar-refractivity contribution in [3.8, 4) is 0 Å². The molecule has 0 saturated heterocycles. The van der Waals surface area contributed by atoms with E-state index in [0.29, 0.717) is 0 Å². The molecule has 0 atom stereocenters. The third-order valence-corrected chi connectivity index (χ3v) is 2.69. The zero-order chi connectivity index (χ0) is 12.6. The van der Waals surface area contributed by atoms with E-state index in [2.05, 4.69) is 32.9 Å². The van der Waals surface area contributed by atoms with Gasteiger partial charge in [-0.2, -0.15) is 0 Å². The molecule has 1 aromatic rings. The van der Waals surface area contributed by atoms with Crippen LogP contribution in [0.25, 0.3) is 0 Å². The average molecular weight is 218 g/mol. The number of benzene rings is 1. The lowest BCUT2D eigenvalue weighted by Gasteiger charge is -2.20. The first kappa shape index (κ1) is 13.0. The molecule has 0 N–H and O–H groups in total. The van der Waals surface area contributed by atoms with Crippen molar-refractivity contribution >= 4 is 5.78 Å². The molecule has 16 heavy (non-hydrogen) atoms. The summed E-state index contributed by atoms with van der Waals surface area (Å²) in [4.78, 5) is 12.0. The molecule has 0 aliphatic rings. The van der Waals surface area contributed by atoms with Crippen molar-refractivity contribution in [3.05, 3.63) is 35.4 Å². The average Bonchev–Trinajstić information content (AvgIpc) is 2.14. The molecule has 0 unspecified atom stereocenters. The van der Waals surface area contributed by atoms with E-state index in [1.165, 1.54) is 5.56 Å². The van der Waals surface area contributed by atoms with Gasteiger partial charge in [0.1, 0.15) is 0 Å². The van der Waals surface area contributed by atoms with Crippen LogP contribution in [0.15, 0.2) is 24.3 Å². The summed E-state index contributed by atoms with van der Waals surface area (Å²) in [5.41, 5.74) is 1.91. The zero-order valence-corrected chi connectivity index (χ0v) is 11.2. The fourth-order valence-electron chi connectivity index (χ4n) is 1.55. The highest BCUT2D eigenvalue weighted by Crippen LogP contribution is 2.25. The minimum Gasteiger partial charge on any atom is -0.294 e. The van der Waals surface area contributed by atoms with Crippen molar-refractivity contribution in [2.75, 3.05) is 0 Å². The Hall–Kier alpha value is -1.11. The minimum atomic E-state index is -0.302. The molecule has 0 radical (unpaired) electrons. The highest BCUT2D eigenvalue weighted by molar-refractivity contribution is 5.99. The first-order chi connectivity index (χ1) is 7.12. The quantitative estimate of drug-likeness (QED) is 0.645. The van der Waals surface area contributed by atoms with Gasteiger partial charge in [0.2, 0.25) is 0 Å². The normalized spacial score (nSPS) is 12.6. The highest BCUT2D eigenvalue weighted by atomic mass is 16.1. The van der Waals surface area contributed by atoms with Crippen LogP contribution in [0.4, 0.5) is 0 Å². The molecular formula is C15H22O. The summed E-state index contributed by atoms with van der Waals surface area (Å²) >= 11 is 0. The van der Waals surface area contributed by atoms with E-state index in [9.17, 15) is 4.79 Å². The van der Waals surface area contributed by atoms with Crippen LogP contribution >= 0.6 is 0 Å². The molecule has 0 aliphatic heterocycles. The van der Waals surface area contributed by atoms with Gasteiger partial charge < -0.3 is 0 Å². The van der Waals surface area contributed by atoms with E-state index in [1.807, 2.05) is 32.9 Å². The lowest BCUT2D eigenvalue weighted by molar-refractivity contribution is 0.0858. The van der Waals surface area contributed by atoms with Gasteiger partial charge in [-0.25, -0.2) is 0 Å². The number of hydrogen-bond donors (Lipinski definition) is 0. The molecule has 0 amide bonds. The van der Waals surface area contributed by atoms with Gasteiger partial charge in [-0.15, -0.1) is 0 Å². The van der Waals surface area contributed by atoms with Crippen molar-refractivity contribution in [2.45, 2.75) is 47.0 Å². The van der Waals surface area contributed by atoms with Crippen LogP contribution in [-0.4, -0.2) is 5.78 Å². The van der Waals surface area contributed by atoms with Gasteiger partial charge in [0.15, 0.2) is 5.78 Å². The smallest absolute Gasteiger partial charge is 0.168 e. The number of Topliss-reactive ketones (excluding diaryl/α,β-unsaturated/α-hetero) is 1. The molecule has 0 spiro atoms. The molecule has 0 saturated carbocycles. The number of carbonyl (C=O) groups excluding carboxylic acids is 1. The van der Waals surface area contributed by atoms with Gasteiger partial charge in [-0.05, 0) is 11.0 Å². The maximum atomic E-state index is 12.0. The molecular weight excluding hydrogens is 196 g/mol. The molecule has 0 bridgehead atoms. The molecule has 1 nitrogen and oxygen atoms in total. The Morgan fingerprint density at radius 3 is 1.62 bits per heavy atom. The number of hydrogen-bond acceptors (Lipinski definition) is 1. The Morgan fingerprint density at radius 2 is 1.31 bits per heavy atom. The summed E-state index contributed by atoms with van der Waals surface area (Å²) in [7, 11) is 0. The van der Waals surface area contributed by atoms with Gasteiger partial charge in [-0.3, -0.25) is 4.79 Å². The zero-order valence-electron chi connectivity index (χ0n) is 11.2. The van der Waals surface area contributed by atoms with Gasteiger partial charge >= 0.3 is 0 Å². The summed E-state index contributed by atoms with van der Waals surface area (Å²) in [6, 6.07) is 7.99. The molecule has 0 heterocycles. The second-order valence-corrected chi connectivity index (χ2v) is 6.41. The summed E-state index contributed by atoms with van der Waals surface area (Å²) in [6.45, 7) is 12.4. The monoisotopic (exact) mass is 218 g/mol. The van der Waals surface area contributed by atoms with Crippen LogP contribution in [0.5, 0.6) is 0 Å². The molecule has 1 aromatic carbocycles. The Bertz CT molecular complexity index is 371. The SMILES string of the molecule is CC(C)(C)C(=O)c1ccc(C(C)(C)C)cc1. The molecule has 0 fully saturated rings. The summed E-state index contributed by atoms with van der Waals surface area (Å²) in [6.07, 6.45) is 0. The van der Waals surface area contributed by atoms with E-state index in [4.69, 9.17) is 0 Å². The third kappa shape index (κ3) is 2.94. The van der Waals surface area contributed by atoms with Crippen molar-refractivity contribution in [2.24, 2.45) is 5.41 Å². The van der Waals surface area contributed by atoms with Crippen LogP contribution in [0.2, 0.25) is 0 Å². The van der Waals surface area contributed by atoms with E-state index >= 15 is 0 Å². The number of rotatable bonds is 1. The van der Waals surface area contributed by atoms with Gasteiger partial charge in [0.05, 0.1) is 0 Å². The van der Waals surface area contributed by atoms with Crippen molar-refractivity contribution in [3.63, 3.8) is 0 Å². The van der Waals surface area contributed by atoms with Crippen LogP contribution in [-0.2, 0) is 5.41 Å². The molecule has 0 aliphatic carbocycles. The Balaban J connectivity index is 3.01. The van der Waals surface area contributed by atoms with Gasteiger partial charge in [-0.1, -0.05) is 65.8 Å². The maximum absolute atomic E-state index is 12.0. The van der Waals surface area contributed by atoms with E-state index in [0.717, 1.165) is 5.56 Å². The first-order valence-electron chi connectivity index (χ1n) is 5.78. The first-order valence-corrected chi connectivity index (χ1v) is 5.78. The fraction of sp³-hybridized carbons (Fsp3) is 0.533. The minimum absolute atomic E-state index is 0.142. The van der Waals surface area contributed by atoms with Crippen molar-refractivity contribution in [1.82, 2.24) is 0 Å². The van der Waals surface area contributed by atoms with Crippen LogP contribution < -0.4 is 0 Å². The van der Waals surface area contributed by atoms with Crippen LogP contribution in [0.3, 0.4) is 0 Å². The summed E-state index contributed by atoms with van der Waals surface area (Å²) < 4.78 is 0. The molecule has 1 heteroatoms. The fourth-order valence-corrected chi connectivity index (χ4v) is 1.55. The lowest BCUT2D eigenvalue weighted by atomic mass is 9.83. The van der Waals surface area contributed by atoms with Crippen LogP contribution in [0, 0.1) is 5.41 Å². The predicted molar refractivity (Wildman–Crippen MR) is 68.9 cm³/mol. The van der Waals surface area contributed by atoms with Gasteiger partial charge in [0.25, 0.3) is 0 Å². The topological polar surface area (TPSA) is 17.1 Å². The van der Waals surface area contributed by atoms with Crippen LogP contribution in [0.1, 0.15) is 57.5 Å². The lowest BCUT2D eigenvalue weighted by Crippen LogP contribution is -2.20.